The van der Waals surface area contributed by atoms with E-state index in [4.69, 9.17) is 9.47 Å². The Kier molecular flexibility index (Phi) is 7.47. The number of piperazine rings is 1. The largest absolute Gasteiger partial charge is 0.497 e. The molecule has 0 N–H and O–H groups in total. The Morgan fingerprint density at radius 3 is 2.21 bits per heavy atom. The van der Waals surface area contributed by atoms with E-state index < -0.39 is 12.0 Å². The quantitative estimate of drug-likeness (QED) is 0.337. The van der Waals surface area contributed by atoms with Crippen LogP contribution in [0, 0.1) is 0 Å². The van der Waals surface area contributed by atoms with Gasteiger partial charge in [-0.25, -0.2) is 9.69 Å². The summed E-state index contributed by atoms with van der Waals surface area (Å²) in [5.74, 6) is -0.00216. The summed E-state index contributed by atoms with van der Waals surface area (Å²) in [6, 6.07) is 14.0. The Morgan fingerprint density at radius 1 is 0.941 bits per heavy atom. The number of rotatable bonds is 8. The minimum Gasteiger partial charge on any atom is -0.497 e. The van der Waals surface area contributed by atoms with Gasteiger partial charge in [-0.1, -0.05) is 13.3 Å². The molecule has 2 aliphatic rings. The van der Waals surface area contributed by atoms with Gasteiger partial charge in [0.2, 0.25) is 5.91 Å². The SMILES string of the molecule is CCCCOC(=O)c1ccc(N2C(=O)CC(N3CCN(c4ccc(OC)cc4)CC3)C2=O)cc1. The molecule has 2 aromatic carbocycles. The number of hydrogen-bond acceptors (Lipinski definition) is 7. The number of methoxy groups -OCH3 is 1. The maximum absolute atomic E-state index is 13.2. The highest BCUT2D eigenvalue weighted by Crippen LogP contribution is 2.28. The molecule has 2 saturated heterocycles. The zero-order valence-electron chi connectivity index (χ0n) is 19.7. The van der Waals surface area contributed by atoms with Gasteiger partial charge in [0.15, 0.2) is 0 Å². The van der Waals surface area contributed by atoms with Crippen LogP contribution in [-0.4, -0.2) is 68.6 Å². The lowest BCUT2D eigenvalue weighted by Gasteiger charge is -2.38. The van der Waals surface area contributed by atoms with Crippen LogP contribution < -0.4 is 14.5 Å². The van der Waals surface area contributed by atoms with Crippen LogP contribution in [0.4, 0.5) is 11.4 Å². The molecule has 2 fully saturated rings. The highest BCUT2D eigenvalue weighted by atomic mass is 16.5. The van der Waals surface area contributed by atoms with Gasteiger partial charge in [-0.05, 0) is 55.0 Å². The van der Waals surface area contributed by atoms with Gasteiger partial charge in [0.05, 0.1) is 37.4 Å². The number of benzene rings is 2. The van der Waals surface area contributed by atoms with Crippen LogP contribution >= 0.6 is 0 Å². The molecule has 1 atom stereocenters. The highest BCUT2D eigenvalue weighted by molar-refractivity contribution is 6.22. The van der Waals surface area contributed by atoms with E-state index in [1.165, 1.54) is 4.90 Å². The highest BCUT2D eigenvalue weighted by Gasteiger charge is 2.43. The molecule has 0 radical (unpaired) electrons. The molecule has 8 heteroatoms. The molecule has 0 saturated carbocycles. The molecule has 0 spiro atoms. The summed E-state index contributed by atoms with van der Waals surface area (Å²) < 4.78 is 10.4. The van der Waals surface area contributed by atoms with E-state index in [1.54, 1.807) is 31.4 Å². The zero-order chi connectivity index (χ0) is 24.1. The van der Waals surface area contributed by atoms with Gasteiger partial charge >= 0.3 is 5.97 Å². The van der Waals surface area contributed by atoms with Gasteiger partial charge in [-0.3, -0.25) is 14.5 Å². The van der Waals surface area contributed by atoms with E-state index in [-0.39, 0.29) is 18.2 Å². The van der Waals surface area contributed by atoms with Crippen LogP contribution in [0.25, 0.3) is 0 Å². The van der Waals surface area contributed by atoms with Crippen LogP contribution in [0.1, 0.15) is 36.5 Å². The Bertz CT molecular complexity index is 1010. The van der Waals surface area contributed by atoms with E-state index in [2.05, 4.69) is 9.80 Å². The minimum atomic E-state index is -0.454. The zero-order valence-corrected chi connectivity index (χ0v) is 19.7. The molecular weight excluding hydrogens is 434 g/mol. The van der Waals surface area contributed by atoms with Gasteiger partial charge in [0.25, 0.3) is 5.91 Å². The molecule has 0 bridgehead atoms. The van der Waals surface area contributed by atoms with E-state index in [1.807, 2.05) is 31.2 Å². The molecule has 180 valence electrons. The molecule has 2 aliphatic heterocycles. The summed E-state index contributed by atoms with van der Waals surface area (Å²) in [6.07, 6.45) is 1.93. The fraction of sp³-hybridized carbons (Fsp3) is 0.423. The molecule has 8 nitrogen and oxygen atoms in total. The van der Waals surface area contributed by atoms with E-state index >= 15 is 0 Å². The molecule has 4 rings (SSSR count). The average molecular weight is 466 g/mol. The molecule has 34 heavy (non-hydrogen) atoms. The molecule has 1 unspecified atom stereocenters. The van der Waals surface area contributed by atoms with Crippen LogP contribution in [0.5, 0.6) is 5.75 Å². The van der Waals surface area contributed by atoms with Crippen molar-refractivity contribution in [2.75, 3.05) is 49.7 Å². The lowest BCUT2D eigenvalue weighted by molar-refractivity contribution is -0.123. The van der Waals surface area contributed by atoms with Crippen LogP contribution in [0.15, 0.2) is 48.5 Å². The average Bonchev–Trinajstić information content (AvgIpc) is 3.18. The first-order valence-electron chi connectivity index (χ1n) is 11.8. The standard InChI is InChI=1S/C26H31N3O5/c1-3-4-17-34-26(32)19-5-7-21(8-6-19)29-24(30)18-23(25(29)31)28-15-13-27(14-16-28)20-9-11-22(33-2)12-10-20/h5-12,23H,3-4,13-18H2,1-2H3. The molecule has 2 amide bonds. The Balaban J connectivity index is 1.36. The molecule has 0 aromatic heterocycles. The number of carbonyl (C=O) groups excluding carboxylic acids is 3. The van der Waals surface area contributed by atoms with Crippen molar-refractivity contribution in [3.05, 3.63) is 54.1 Å². The van der Waals surface area contributed by atoms with Crippen molar-refractivity contribution in [1.29, 1.82) is 0 Å². The van der Waals surface area contributed by atoms with Crippen molar-refractivity contribution in [3.8, 4) is 5.75 Å². The number of ether oxygens (including phenoxy) is 2. The fourth-order valence-corrected chi connectivity index (χ4v) is 4.40. The molecule has 2 aromatic rings. The number of nitrogens with zero attached hydrogens (tertiary/aromatic N) is 3. The molecule has 0 aliphatic carbocycles. The fourth-order valence-electron chi connectivity index (χ4n) is 4.40. The van der Waals surface area contributed by atoms with Crippen molar-refractivity contribution in [1.82, 2.24) is 4.90 Å². The first kappa shape index (κ1) is 23.8. The van der Waals surface area contributed by atoms with Crippen LogP contribution in [-0.2, 0) is 14.3 Å². The number of carbonyl (C=O) groups is 3. The maximum atomic E-state index is 13.2. The lowest BCUT2D eigenvalue weighted by Crippen LogP contribution is -2.52. The summed E-state index contributed by atoms with van der Waals surface area (Å²) in [4.78, 5) is 43.6. The van der Waals surface area contributed by atoms with Crippen molar-refractivity contribution in [2.24, 2.45) is 0 Å². The van der Waals surface area contributed by atoms with Crippen molar-refractivity contribution >= 4 is 29.2 Å². The van der Waals surface area contributed by atoms with Crippen LogP contribution in [0.2, 0.25) is 0 Å². The summed E-state index contributed by atoms with van der Waals surface area (Å²) in [6.45, 7) is 5.37. The summed E-state index contributed by atoms with van der Waals surface area (Å²) in [5, 5.41) is 0. The van der Waals surface area contributed by atoms with Gasteiger partial charge < -0.3 is 14.4 Å². The van der Waals surface area contributed by atoms with Crippen molar-refractivity contribution in [2.45, 2.75) is 32.2 Å². The van der Waals surface area contributed by atoms with Crippen molar-refractivity contribution < 1.29 is 23.9 Å². The lowest BCUT2D eigenvalue weighted by atomic mass is 10.1. The Labute approximate surface area is 200 Å². The van der Waals surface area contributed by atoms with E-state index in [0.717, 1.165) is 37.4 Å². The van der Waals surface area contributed by atoms with E-state index in [0.29, 0.717) is 30.9 Å². The predicted molar refractivity (Wildman–Crippen MR) is 129 cm³/mol. The summed E-state index contributed by atoms with van der Waals surface area (Å²) in [7, 11) is 1.65. The third-order valence-electron chi connectivity index (χ3n) is 6.41. The first-order chi connectivity index (χ1) is 16.5. The van der Waals surface area contributed by atoms with Gasteiger partial charge in [-0.2, -0.15) is 0 Å². The second-order valence-corrected chi connectivity index (χ2v) is 8.54. The number of esters is 1. The number of anilines is 2. The maximum Gasteiger partial charge on any atom is 0.338 e. The second kappa shape index (κ2) is 10.7. The topological polar surface area (TPSA) is 79.4 Å². The Morgan fingerprint density at radius 2 is 1.59 bits per heavy atom. The van der Waals surface area contributed by atoms with Crippen LogP contribution in [0.3, 0.4) is 0 Å². The van der Waals surface area contributed by atoms with Gasteiger partial charge in [0.1, 0.15) is 5.75 Å². The van der Waals surface area contributed by atoms with Gasteiger partial charge in [0, 0.05) is 31.9 Å². The third kappa shape index (κ3) is 5.07. The van der Waals surface area contributed by atoms with Gasteiger partial charge in [-0.15, -0.1) is 0 Å². The van der Waals surface area contributed by atoms with E-state index in [9.17, 15) is 14.4 Å². The number of hydrogen-bond donors (Lipinski definition) is 0. The summed E-state index contributed by atoms with van der Waals surface area (Å²) >= 11 is 0. The second-order valence-electron chi connectivity index (χ2n) is 8.54. The van der Waals surface area contributed by atoms with Crippen molar-refractivity contribution in [3.63, 3.8) is 0 Å². The first-order valence-corrected chi connectivity index (χ1v) is 11.8. The molecule has 2 heterocycles. The monoisotopic (exact) mass is 465 g/mol. The molecular formula is C26H31N3O5. The number of imide groups is 1. The smallest absolute Gasteiger partial charge is 0.338 e. The third-order valence-corrected chi connectivity index (χ3v) is 6.41. The predicted octanol–water partition coefficient (Wildman–Crippen LogP) is 3.11. The number of unbranched alkanes of at least 4 members (excludes halogenated alkanes) is 1. The number of amides is 2. The minimum absolute atomic E-state index is 0.169. The summed E-state index contributed by atoms with van der Waals surface area (Å²) in [5.41, 5.74) is 2.01. The normalized spacial score (nSPS) is 18.9. The Hall–Kier alpha value is -3.39.